The van der Waals surface area contributed by atoms with Crippen LogP contribution in [0.3, 0.4) is 0 Å². The number of aromatic carboxylic acids is 1. The smallest absolute Gasteiger partial charge is 0.335 e. The molecule has 0 spiro atoms. The van der Waals surface area contributed by atoms with Crippen molar-refractivity contribution in [3.63, 3.8) is 0 Å². The number of nitrogens with zero attached hydrogens (tertiary/aromatic N) is 1. The molecule has 0 aliphatic heterocycles. The lowest BCUT2D eigenvalue weighted by atomic mass is 10.0. The molecule has 1 fully saturated rings. The maximum Gasteiger partial charge on any atom is 0.335 e. The fourth-order valence-corrected chi connectivity index (χ4v) is 2.48. The fraction of sp³-hybridized carbons (Fsp3) is 0.588. The quantitative estimate of drug-likeness (QED) is 0.824. The number of rotatable bonds is 7. The van der Waals surface area contributed by atoms with E-state index in [1.54, 1.807) is 12.1 Å². The Labute approximate surface area is 121 Å². The molecule has 0 unspecified atom stereocenters. The first-order valence-electron chi connectivity index (χ1n) is 7.54. The number of aryl methyl sites for hydroxylation is 1. The Kier molecular flexibility index (Phi) is 4.81. The molecule has 0 heterocycles. The molecule has 0 atom stereocenters. The van der Waals surface area contributed by atoms with E-state index in [2.05, 4.69) is 18.7 Å². The fourth-order valence-electron chi connectivity index (χ4n) is 2.48. The molecule has 3 nitrogen and oxygen atoms in total. The van der Waals surface area contributed by atoms with Crippen molar-refractivity contribution in [3.05, 3.63) is 34.9 Å². The summed E-state index contributed by atoms with van der Waals surface area (Å²) < 4.78 is 0. The zero-order valence-electron chi connectivity index (χ0n) is 12.7. The van der Waals surface area contributed by atoms with Crippen LogP contribution < -0.4 is 0 Å². The topological polar surface area (TPSA) is 40.5 Å². The molecule has 2 rings (SSSR count). The predicted octanol–water partition coefficient (Wildman–Crippen LogP) is 3.70. The lowest BCUT2D eigenvalue weighted by molar-refractivity contribution is 0.0696. The summed E-state index contributed by atoms with van der Waals surface area (Å²) in [6.45, 7) is 8.62. The van der Waals surface area contributed by atoms with Crippen LogP contribution in [0.2, 0.25) is 0 Å². The predicted molar refractivity (Wildman–Crippen MR) is 81.0 cm³/mol. The Morgan fingerprint density at radius 1 is 1.40 bits per heavy atom. The van der Waals surface area contributed by atoms with Crippen LogP contribution in [0, 0.1) is 12.8 Å². The second-order valence-electron chi connectivity index (χ2n) is 6.33. The monoisotopic (exact) mass is 275 g/mol. The van der Waals surface area contributed by atoms with E-state index in [1.165, 1.54) is 24.8 Å². The molecular weight excluding hydrogens is 250 g/mol. The van der Waals surface area contributed by atoms with Crippen molar-refractivity contribution in [2.45, 2.75) is 52.6 Å². The van der Waals surface area contributed by atoms with Gasteiger partial charge in [0.1, 0.15) is 0 Å². The molecule has 20 heavy (non-hydrogen) atoms. The molecule has 3 heteroatoms. The Balaban J connectivity index is 2.04. The lowest BCUT2D eigenvalue weighted by Crippen LogP contribution is -2.28. The minimum Gasteiger partial charge on any atom is -0.478 e. The molecule has 1 N–H and O–H groups in total. The maximum absolute atomic E-state index is 11.0. The third kappa shape index (κ3) is 4.07. The van der Waals surface area contributed by atoms with Gasteiger partial charge in [-0.2, -0.15) is 0 Å². The van der Waals surface area contributed by atoms with Gasteiger partial charge in [-0.05, 0) is 61.9 Å². The highest BCUT2D eigenvalue weighted by molar-refractivity contribution is 5.87. The zero-order chi connectivity index (χ0) is 14.7. The second kappa shape index (κ2) is 6.40. The number of benzene rings is 1. The summed E-state index contributed by atoms with van der Waals surface area (Å²) in [5.41, 5.74) is 2.72. The summed E-state index contributed by atoms with van der Waals surface area (Å²) in [6, 6.07) is 6.22. The minimum absolute atomic E-state index is 0.381. The Morgan fingerprint density at radius 3 is 2.60 bits per heavy atom. The molecule has 0 radical (unpaired) electrons. The highest BCUT2D eigenvalue weighted by atomic mass is 16.4. The van der Waals surface area contributed by atoms with Crippen LogP contribution in [0.1, 0.15) is 54.6 Å². The highest BCUT2D eigenvalue weighted by Gasteiger charge is 2.28. The van der Waals surface area contributed by atoms with Gasteiger partial charge in [-0.15, -0.1) is 0 Å². The molecule has 1 aromatic rings. The molecule has 0 saturated heterocycles. The minimum atomic E-state index is -0.849. The summed E-state index contributed by atoms with van der Waals surface area (Å²) in [5.74, 6) is -0.120. The van der Waals surface area contributed by atoms with Crippen LogP contribution in [0.5, 0.6) is 0 Å². The van der Waals surface area contributed by atoms with E-state index in [4.69, 9.17) is 5.11 Å². The summed E-state index contributed by atoms with van der Waals surface area (Å²) >= 11 is 0. The molecule has 0 aromatic heterocycles. The highest BCUT2D eigenvalue weighted by Crippen LogP contribution is 2.29. The van der Waals surface area contributed by atoms with Gasteiger partial charge in [0.2, 0.25) is 0 Å². The van der Waals surface area contributed by atoms with Crippen molar-refractivity contribution in [3.8, 4) is 0 Å². The van der Waals surface area contributed by atoms with Gasteiger partial charge in [-0.1, -0.05) is 19.9 Å². The molecule has 110 valence electrons. The van der Waals surface area contributed by atoms with Gasteiger partial charge in [-0.3, -0.25) is 4.90 Å². The van der Waals surface area contributed by atoms with Crippen LogP contribution in [0.25, 0.3) is 0 Å². The van der Waals surface area contributed by atoms with Crippen molar-refractivity contribution >= 4 is 5.97 Å². The van der Waals surface area contributed by atoms with Gasteiger partial charge in [-0.25, -0.2) is 4.79 Å². The Morgan fingerprint density at radius 2 is 2.10 bits per heavy atom. The Bertz CT molecular complexity index is 478. The van der Waals surface area contributed by atoms with E-state index < -0.39 is 5.97 Å². The molecule has 1 aromatic carbocycles. The van der Waals surface area contributed by atoms with E-state index in [1.807, 2.05) is 13.0 Å². The third-order valence-electron chi connectivity index (χ3n) is 4.02. The van der Waals surface area contributed by atoms with Gasteiger partial charge in [0.15, 0.2) is 0 Å². The van der Waals surface area contributed by atoms with E-state index in [9.17, 15) is 4.79 Å². The lowest BCUT2D eigenvalue weighted by Gasteiger charge is -2.24. The molecule has 1 aliphatic rings. The van der Waals surface area contributed by atoms with Crippen LogP contribution in [-0.4, -0.2) is 28.6 Å². The zero-order valence-corrected chi connectivity index (χ0v) is 12.7. The average Bonchev–Trinajstić information content (AvgIpc) is 3.19. The summed E-state index contributed by atoms with van der Waals surface area (Å²) in [6.07, 6.45) is 3.84. The summed E-state index contributed by atoms with van der Waals surface area (Å²) in [4.78, 5) is 13.5. The standard InChI is InChI=1S/C17H25NO2/c1-12(2)8-9-18(16-6-7-16)11-15-5-4-14(17(19)20)10-13(15)3/h4-5,10,12,16H,6-9,11H2,1-3H3,(H,19,20). The molecule has 1 aliphatic carbocycles. The van der Waals surface area contributed by atoms with Crippen molar-refractivity contribution in [1.29, 1.82) is 0 Å². The number of hydrogen-bond donors (Lipinski definition) is 1. The van der Waals surface area contributed by atoms with Crippen LogP contribution in [-0.2, 0) is 6.54 Å². The number of carboxylic acids is 1. The maximum atomic E-state index is 11.0. The van der Waals surface area contributed by atoms with Gasteiger partial charge >= 0.3 is 5.97 Å². The van der Waals surface area contributed by atoms with Gasteiger partial charge in [0, 0.05) is 12.6 Å². The van der Waals surface area contributed by atoms with Crippen LogP contribution in [0.4, 0.5) is 0 Å². The first kappa shape index (κ1) is 15.0. The van der Waals surface area contributed by atoms with Crippen LogP contribution >= 0.6 is 0 Å². The Hall–Kier alpha value is -1.35. The molecule has 0 bridgehead atoms. The van der Waals surface area contributed by atoms with Crippen molar-refractivity contribution in [2.24, 2.45) is 5.92 Å². The average molecular weight is 275 g/mol. The summed E-state index contributed by atoms with van der Waals surface area (Å²) in [5, 5.41) is 9.02. The van der Waals surface area contributed by atoms with Crippen molar-refractivity contribution in [2.75, 3.05) is 6.54 Å². The molecular formula is C17H25NO2. The normalized spacial score (nSPS) is 15.1. The second-order valence-corrected chi connectivity index (χ2v) is 6.33. The first-order chi connectivity index (χ1) is 9.47. The third-order valence-corrected chi connectivity index (χ3v) is 4.02. The van der Waals surface area contributed by atoms with E-state index >= 15 is 0 Å². The largest absolute Gasteiger partial charge is 0.478 e. The number of carboxylic acid groups (broad SMARTS) is 1. The number of carbonyl (C=O) groups is 1. The van der Waals surface area contributed by atoms with E-state index in [-0.39, 0.29) is 0 Å². The van der Waals surface area contributed by atoms with Gasteiger partial charge in [0.25, 0.3) is 0 Å². The SMILES string of the molecule is Cc1cc(C(=O)O)ccc1CN(CCC(C)C)C1CC1. The molecule has 0 amide bonds. The number of hydrogen-bond acceptors (Lipinski definition) is 2. The van der Waals surface area contributed by atoms with Crippen molar-refractivity contribution in [1.82, 2.24) is 4.90 Å². The van der Waals surface area contributed by atoms with Crippen molar-refractivity contribution < 1.29 is 9.90 Å². The van der Waals surface area contributed by atoms with Gasteiger partial charge in [0.05, 0.1) is 5.56 Å². The first-order valence-corrected chi connectivity index (χ1v) is 7.54. The van der Waals surface area contributed by atoms with Crippen LogP contribution in [0.15, 0.2) is 18.2 Å². The van der Waals surface area contributed by atoms with E-state index in [0.29, 0.717) is 5.56 Å². The van der Waals surface area contributed by atoms with E-state index in [0.717, 1.165) is 30.6 Å². The van der Waals surface area contributed by atoms with Gasteiger partial charge < -0.3 is 5.11 Å². The molecule has 1 saturated carbocycles. The summed E-state index contributed by atoms with van der Waals surface area (Å²) in [7, 11) is 0.